The van der Waals surface area contributed by atoms with Crippen LogP contribution in [0.5, 0.6) is 0 Å². The third kappa shape index (κ3) is 5.58. The molecule has 3 heterocycles. The second-order valence-corrected chi connectivity index (χ2v) is 8.91. The number of hydrogen-bond acceptors (Lipinski definition) is 5. The molecule has 2 aromatic heterocycles. The number of anilines is 2. The van der Waals surface area contributed by atoms with Crippen molar-refractivity contribution in [1.29, 1.82) is 0 Å². The first-order chi connectivity index (χ1) is 17.2. The number of aryl methyl sites for hydroxylation is 1. The molecule has 1 N–H and O–H groups in total. The van der Waals surface area contributed by atoms with Crippen molar-refractivity contribution < 1.29 is 4.79 Å². The minimum absolute atomic E-state index is 0.114. The summed E-state index contributed by atoms with van der Waals surface area (Å²) in [5.41, 5.74) is 5.87. The molecule has 1 aliphatic rings. The van der Waals surface area contributed by atoms with E-state index in [-0.39, 0.29) is 5.91 Å². The summed E-state index contributed by atoms with van der Waals surface area (Å²) in [5.74, 6) is -0.114. The van der Waals surface area contributed by atoms with E-state index in [1.165, 1.54) is 5.56 Å². The standard InChI is InChI=1S/C28H30N6O/c1-22-20-30-34(21-22)25-8-6-24(7-9-25)28(35)31-26-4-2-3-5-27(26)33-18-16-32(17-19-33)15-12-23-10-13-29-14-11-23/h2-11,13-14,20-21H,12,15-19H2,1H3,(H,31,35). The Balaban J connectivity index is 1.20. The second-order valence-electron chi connectivity index (χ2n) is 8.91. The number of carbonyl (C=O) groups is 1. The zero-order valence-electron chi connectivity index (χ0n) is 20.0. The van der Waals surface area contributed by atoms with Gasteiger partial charge in [-0.15, -0.1) is 0 Å². The van der Waals surface area contributed by atoms with Crippen molar-refractivity contribution in [3.05, 3.63) is 102 Å². The van der Waals surface area contributed by atoms with Crippen LogP contribution in [0, 0.1) is 6.92 Å². The van der Waals surface area contributed by atoms with Crippen molar-refractivity contribution in [1.82, 2.24) is 19.7 Å². The number of amides is 1. The summed E-state index contributed by atoms with van der Waals surface area (Å²) < 4.78 is 1.81. The van der Waals surface area contributed by atoms with Crippen LogP contribution in [0.3, 0.4) is 0 Å². The molecular weight excluding hydrogens is 436 g/mol. The van der Waals surface area contributed by atoms with Gasteiger partial charge in [0.25, 0.3) is 5.91 Å². The predicted molar refractivity (Wildman–Crippen MR) is 139 cm³/mol. The number of aromatic nitrogens is 3. The molecule has 7 nitrogen and oxygen atoms in total. The highest BCUT2D eigenvalue weighted by Gasteiger charge is 2.20. The smallest absolute Gasteiger partial charge is 0.255 e. The summed E-state index contributed by atoms with van der Waals surface area (Å²) in [5, 5.41) is 7.45. The summed E-state index contributed by atoms with van der Waals surface area (Å²) in [7, 11) is 0. The number of pyridine rings is 1. The van der Waals surface area contributed by atoms with Gasteiger partial charge in [0, 0.05) is 56.9 Å². The zero-order valence-corrected chi connectivity index (χ0v) is 20.0. The lowest BCUT2D eigenvalue weighted by Gasteiger charge is -2.37. The van der Waals surface area contributed by atoms with Crippen molar-refractivity contribution >= 4 is 17.3 Å². The van der Waals surface area contributed by atoms with Crippen molar-refractivity contribution in [2.45, 2.75) is 13.3 Å². The molecule has 0 aliphatic carbocycles. The lowest BCUT2D eigenvalue weighted by Crippen LogP contribution is -2.47. The van der Waals surface area contributed by atoms with Crippen LogP contribution in [0.1, 0.15) is 21.5 Å². The second kappa shape index (κ2) is 10.5. The van der Waals surface area contributed by atoms with Crippen LogP contribution in [0.25, 0.3) is 5.69 Å². The van der Waals surface area contributed by atoms with Gasteiger partial charge in [-0.05, 0) is 73.0 Å². The predicted octanol–water partition coefficient (Wildman–Crippen LogP) is 4.19. The van der Waals surface area contributed by atoms with E-state index < -0.39 is 0 Å². The molecule has 1 saturated heterocycles. The van der Waals surface area contributed by atoms with Crippen LogP contribution in [0.15, 0.2) is 85.5 Å². The highest BCUT2D eigenvalue weighted by Crippen LogP contribution is 2.27. The number of para-hydroxylation sites is 2. The van der Waals surface area contributed by atoms with E-state index in [0.717, 1.165) is 61.8 Å². The quantitative estimate of drug-likeness (QED) is 0.442. The van der Waals surface area contributed by atoms with Gasteiger partial charge in [0.15, 0.2) is 0 Å². The van der Waals surface area contributed by atoms with Crippen LogP contribution < -0.4 is 10.2 Å². The third-order valence-corrected chi connectivity index (χ3v) is 6.44. The molecular formula is C28H30N6O. The van der Waals surface area contributed by atoms with Crippen LogP contribution in [-0.4, -0.2) is 58.3 Å². The number of benzene rings is 2. The van der Waals surface area contributed by atoms with Gasteiger partial charge in [-0.2, -0.15) is 5.10 Å². The van der Waals surface area contributed by atoms with Gasteiger partial charge < -0.3 is 10.2 Å². The van der Waals surface area contributed by atoms with Crippen molar-refractivity contribution in [2.24, 2.45) is 0 Å². The van der Waals surface area contributed by atoms with Crippen molar-refractivity contribution in [3.63, 3.8) is 0 Å². The molecule has 0 bridgehead atoms. The maximum Gasteiger partial charge on any atom is 0.255 e. The van der Waals surface area contributed by atoms with Gasteiger partial charge in [-0.1, -0.05) is 12.1 Å². The lowest BCUT2D eigenvalue weighted by atomic mass is 10.1. The van der Waals surface area contributed by atoms with Crippen LogP contribution in [0.2, 0.25) is 0 Å². The maximum atomic E-state index is 13.0. The summed E-state index contributed by atoms with van der Waals surface area (Å²) >= 11 is 0. The van der Waals surface area contributed by atoms with Crippen molar-refractivity contribution in [2.75, 3.05) is 42.9 Å². The molecule has 1 amide bonds. The number of rotatable bonds is 7. The molecule has 0 saturated carbocycles. The monoisotopic (exact) mass is 466 g/mol. The van der Waals surface area contributed by atoms with E-state index in [2.05, 4.69) is 43.4 Å². The molecule has 0 spiro atoms. The molecule has 178 valence electrons. The van der Waals surface area contributed by atoms with Gasteiger partial charge in [-0.3, -0.25) is 14.7 Å². The van der Waals surface area contributed by atoms with E-state index in [1.54, 1.807) is 0 Å². The van der Waals surface area contributed by atoms with Crippen LogP contribution in [-0.2, 0) is 6.42 Å². The normalized spacial score (nSPS) is 14.1. The molecule has 1 aliphatic heterocycles. The van der Waals surface area contributed by atoms with Gasteiger partial charge in [-0.25, -0.2) is 4.68 Å². The lowest BCUT2D eigenvalue weighted by molar-refractivity contribution is 0.102. The molecule has 1 fully saturated rings. The fourth-order valence-electron chi connectivity index (χ4n) is 4.42. The van der Waals surface area contributed by atoms with E-state index >= 15 is 0 Å². The Labute approximate surface area is 206 Å². The number of nitrogens with zero attached hydrogens (tertiary/aromatic N) is 5. The van der Waals surface area contributed by atoms with Gasteiger partial charge >= 0.3 is 0 Å². The van der Waals surface area contributed by atoms with E-state index in [1.807, 2.05) is 78.9 Å². The van der Waals surface area contributed by atoms with E-state index in [0.29, 0.717) is 5.56 Å². The summed E-state index contributed by atoms with van der Waals surface area (Å²) in [6, 6.07) is 19.7. The van der Waals surface area contributed by atoms with Crippen LogP contribution in [0.4, 0.5) is 11.4 Å². The summed E-state index contributed by atoms with van der Waals surface area (Å²) in [4.78, 5) is 22.0. The Morgan fingerprint density at radius 3 is 2.40 bits per heavy atom. The topological polar surface area (TPSA) is 66.3 Å². The number of piperazine rings is 1. The minimum Gasteiger partial charge on any atom is -0.367 e. The largest absolute Gasteiger partial charge is 0.367 e. The first-order valence-corrected chi connectivity index (χ1v) is 12.0. The first-order valence-electron chi connectivity index (χ1n) is 12.0. The Kier molecular flexibility index (Phi) is 6.86. The summed E-state index contributed by atoms with van der Waals surface area (Å²) in [6.07, 6.45) is 8.52. The molecule has 0 radical (unpaired) electrons. The number of carbonyl (C=O) groups excluding carboxylic acids is 1. The van der Waals surface area contributed by atoms with Crippen molar-refractivity contribution in [3.8, 4) is 5.69 Å². The molecule has 2 aromatic carbocycles. The first kappa shape index (κ1) is 22.8. The van der Waals surface area contributed by atoms with Gasteiger partial charge in [0.1, 0.15) is 0 Å². The summed E-state index contributed by atoms with van der Waals surface area (Å²) in [6.45, 7) is 6.92. The Morgan fingerprint density at radius 2 is 1.69 bits per heavy atom. The number of hydrogen-bond donors (Lipinski definition) is 1. The van der Waals surface area contributed by atoms with Crippen LogP contribution >= 0.6 is 0 Å². The molecule has 0 unspecified atom stereocenters. The van der Waals surface area contributed by atoms with E-state index in [4.69, 9.17) is 0 Å². The molecule has 7 heteroatoms. The minimum atomic E-state index is -0.114. The van der Waals surface area contributed by atoms with Gasteiger partial charge in [0.05, 0.1) is 23.3 Å². The third-order valence-electron chi connectivity index (χ3n) is 6.44. The Hall–Kier alpha value is -3.97. The fourth-order valence-corrected chi connectivity index (χ4v) is 4.42. The average Bonchev–Trinajstić information content (AvgIpc) is 3.35. The number of nitrogens with one attached hydrogen (secondary N) is 1. The SMILES string of the molecule is Cc1cnn(-c2ccc(C(=O)Nc3ccccc3N3CCN(CCc4ccncc4)CC3)cc2)c1. The zero-order chi connectivity index (χ0) is 24.0. The fraction of sp³-hybridized carbons (Fsp3) is 0.250. The highest BCUT2D eigenvalue weighted by atomic mass is 16.1. The highest BCUT2D eigenvalue weighted by molar-refractivity contribution is 6.06. The Bertz CT molecular complexity index is 1260. The van der Waals surface area contributed by atoms with E-state index in [9.17, 15) is 4.79 Å². The molecule has 4 aromatic rings. The molecule has 35 heavy (non-hydrogen) atoms. The van der Waals surface area contributed by atoms with Gasteiger partial charge in [0.2, 0.25) is 0 Å². The average molecular weight is 467 g/mol. The molecule has 0 atom stereocenters. The molecule has 5 rings (SSSR count). The maximum absolute atomic E-state index is 13.0. The Morgan fingerprint density at radius 1 is 0.943 bits per heavy atom.